The van der Waals surface area contributed by atoms with Gasteiger partial charge in [0.05, 0.1) is 13.7 Å². The van der Waals surface area contributed by atoms with E-state index in [-0.39, 0.29) is 12.0 Å². The number of aryl methyl sites for hydroxylation is 1. The summed E-state index contributed by atoms with van der Waals surface area (Å²) >= 11 is 0. The van der Waals surface area contributed by atoms with Crippen LogP contribution < -0.4 is 10.1 Å². The first kappa shape index (κ1) is 13.2. The molecule has 20 heavy (non-hydrogen) atoms. The topological polar surface area (TPSA) is 54.4 Å². The minimum absolute atomic E-state index is 0.0857. The van der Waals surface area contributed by atoms with E-state index in [9.17, 15) is 5.11 Å². The molecule has 0 aliphatic heterocycles. The van der Waals surface area contributed by atoms with Gasteiger partial charge < -0.3 is 15.2 Å². The number of aromatic nitrogens is 1. The number of ether oxygens (including phenoxy) is 1. The lowest BCUT2D eigenvalue weighted by Crippen LogP contribution is -2.19. The minimum Gasteiger partial charge on any atom is -0.494 e. The Hall–Kier alpha value is -1.81. The highest BCUT2D eigenvalue weighted by Crippen LogP contribution is 2.45. The van der Waals surface area contributed by atoms with Crippen LogP contribution in [-0.4, -0.2) is 30.4 Å². The zero-order valence-electron chi connectivity index (χ0n) is 11.9. The van der Waals surface area contributed by atoms with Gasteiger partial charge in [0, 0.05) is 28.7 Å². The van der Waals surface area contributed by atoms with Crippen LogP contribution in [0.4, 0.5) is 5.69 Å². The Labute approximate surface area is 118 Å². The maximum Gasteiger partial charge on any atom is 0.145 e. The average molecular weight is 272 g/mol. The third kappa shape index (κ3) is 2.31. The van der Waals surface area contributed by atoms with Crippen molar-refractivity contribution in [1.82, 2.24) is 4.98 Å². The summed E-state index contributed by atoms with van der Waals surface area (Å²) in [6.45, 7) is 3.04. The van der Waals surface area contributed by atoms with Gasteiger partial charge in [-0.3, -0.25) is 0 Å². The Kier molecular flexibility index (Phi) is 3.26. The van der Waals surface area contributed by atoms with Crippen molar-refractivity contribution in [3.8, 4) is 5.75 Å². The van der Waals surface area contributed by atoms with E-state index >= 15 is 0 Å². The van der Waals surface area contributed by atoms with Gasteiger partial charge >= 0.3 is 0 Å². The summed E-state index contributed by atoms with van der Waals surface area (Å²) in [5.74, 6) is 0.789. The molecule has 106 valence electrons. The summed E-state index contributed by atoms with van der Waals surface area (Å²) in [5.41, 5.74) is 2.98. The van der Waals surface area contributed by atoms with Crippen LogP contribution in [0.5, 0.6) is 5.75 Å². The van der Waals surface area contributed by atoms with E-state index in [2.05, 4.69) is 16.4 Å². The van der Waals surface area contributed by atoms with E-state index in [4.69, 9.17) is 4.74 Å². The fraction of sp³-hybridized carbons (Fsp3) is 0.438. The molecule has 0 radical (unpaired) electrons. The van der Waals surface area contributed by atoms with E-state index in [0.717, 1.165) is 47.4 Å². The lowest BCUT2D eigenvalue weighted by molar-refractivity contribution is 0.220. The van der Waals surface area contributed by atoms with Gasteiger partial charge in [-0.25, -0.2) is 4.98 Å². The largest absolute Gasteiger partial charge is 0.494 e. The molecule has 0 bridgehead atoms. The van der Waals surface area contributed by atoms with Crippen LogP contribution >= 0.6 is 0 Å². The lowest BCUT2D eigenvalue weighted by Gasteiger charge is -2.16. The third-order valence-corrected chi connectivity index (χ3v) is 4.10. The monoisotopic (exact) mass is 272 g/mol. The maximum absolute atomic E-state index is 9.41. The van der Waals surface area contributed by atoms with Gasteiger partial charge in [0.2, 0.25) is 0 Å². The second-order valence-corrected chi connectivity index (χ2v) is 5.68. The number of fused-ring (bicyclic) bond motifs is 1. The number of aliphatic hydroxyl groups is 1. The van der Waals surface area contributed by atoms with Gasteiger partial charge in [0.15, 0.2) is 0 Å². The summed E-state index contributed by atoms with van der Waals surface area (Å²) < 4.78 is 5.39. The van der Waals surface area contributed by atoms with Gasteiger partial charge in [-0.1, -0.05) is 12.1 Å². The number of nitrogens with one attached hydrogen (secondary N) is 1. The maximum atomic E-state index is 9.41. The standard InChI is InChI=1S/C16H20N2O2/c1-11-8-13(17-9-16(10-19)6-7-16)12-4-3-5-14(20-2)15(12)18-11/h3-5,8,19H,6-7,9-10H2,1-2H3,(H,17,18). The molecular weight excluding hydrogens is 252 g/mol. The highest BCUT2D eigenvalue weighted by Gasteiger charge is 2.41. The number of methoxy groups -OCH3 is 1. The van der Waals surface area contributed by atoms with Gasteiger partial charge in [0.1, 0.15) is 11.3 Å². The van der Waals surface area contributed by atoms with Crippen LogP contribution in [0.1, 0.15) is 18.5 Å². The number of benzene rings is 1. The molecule has 0 spiro atoms. The summed E-state index contributed by atoms with van der Waals surface area (Å²) in [4.78, 5) is 4.57. The van der Waals surface area contributed by atoms with E-state index < -0.39 is 0 Å². The molecule has 4 heteroatoms. The first-order valence-electron chi connectivity index (χ1n) is 6.96. The summed E-state index contributed by atoms with van der Waals surface area (Å²) in [6.07, 6.45) is 2.20. The molecule has 1 aromatic carbocycles. The fourth-order valence-electron chi connectivity index (χ4n) is 2.51. The molecule has 0 amide bonds. The molecule has 1 heterocycles. The zero-order chi connectivity index (χ0) is 14.2. The molecule has 2 aromatic rings. The van der Waals surface area contributed by atoms with E-state index in [1.807, 2.05) is 25.1 Å². The Balaban J connectivity index is 1.97. The third-order valence-electron chi connectivity index (χ3n) is 4.10. The summed E-state index contributed by atoms with van der Waals surface area (Å²) in [6, 6.07) is 8.00. The molecule has 1 aliphatic rings. The Morgan fingerprint density at radius 1 is 1.40 bits per heavy atom. The van der Waals surface area contributed by atoms with Crippen LogP contribution in [0, 0.1) is 12.3 Å². The molecule has 0 unspecified atom stereocenters. The van der Waals surface area contributed by atoms with Crippen LogP contribution in [-0.2, 0) is 0 Å². The molecule has 1 aromatic heterocycles. The van der Waals surface area contributed by atoms with Crippen LogP contribution in [0.3, 0.4) is 0 Å². The molecule has 3 rings (SSSR count). The first-order chi connectivity index (χ1) is 9.67. The van der Waals surface area contributed by atoms with Crippen LogP contribution in [0.2, 0.25) is 0 Å². The second-order valence-electron chi connectivity index (χ2n) is 5.68. The van der Waals surface area contributed by atoms with Crippen molar-refractivity contribution >= 4 is 16.6 Å². The lowest BCUT2D eigenvalue weighted by atomic mass is 10.1. The minimum atomic E-state index is 0.0857. The number of rotatable bonds is 5. The van der Waals surface area contributed by atoms with Crippen molar-refractivity contribution in [3.05, 3.63) is 30.0 Å². The van der Waals surface area contributed by atoms with Crippen molar-refractivity contribution in [2.75, 3.05) is 25.6 Å². The number of anilines is 1. The molecule has 0 saturated heterocycles. The van der Waals surface area contributed by atoms with Crippen LogP contribution in [0.15, 0.2) is 24.3 Å². The van der Waals surface area contributed by atoms with E-state index in [1.54, 1.807) is 7.11 Å². The number of para-hydroxylation sites is 1. The Bertz CT molecular complexity index is 636. The van der Waals surface area contributed by atoms with Crippen molar-refractivity contribution in [2.24, 2.45) is 5.41 Å². The first-order valence-corrected chi connectivity index (χ1v) is 6.96. The second kappa shape index (κ2) is 4.94. The fourth-order valence-corrected chi connectivity index (χ4v) is 2.51. The molecule has 1 aliphatic carbocycles. The average Bonchev–Trinajstić information content (AvgIpc) is 3.24. The van der Waals surface area contributed by atoms with Gasteiger partial charge in [-0.05, 0) is 31.9 Å². The number of hydrogen-bond donors (Lipinski definition) is 2. The highest BCUT2D eigenvalue weighted by molar-refractivity contribution is 5.95. The number of aliphatic hydroxyl groups excluding tert-OH is 1. The van der Waals surface area contributed by atoms with Crippen molar-refractivity contribution < 1.29 is 9.84 Å². The predicted octanol–water partition coefficient (Wildman–Crippen LogP) is 2.74. The zero-order valence-corrected chi connectivity index (χ0v) is 11.9. The Morgan fingerprint density at radius 3 is 2.85 bits per heavy atom. The van der Waals surface area contributed by atoms with Crippen molar-refractivity contribution in [3.63, 3.8) is 0 Å². The predicted molar refractivity (Wildman–Crippen MR) is 80.3 cm³/mol. The Morgan fingerprint density at radius 2 is 2.20 bits per heavy atom. The van der Waals surface area contributed by atoms with Gasteiger partial charge in [-0.15, -0.1) is 0 Å². The SMILES string of the molecule is COc1cccc2c(NCC3(CO)CC3)cc(C)nc12. The molecule has 0 atom stereocenters. The normalized spacial score (nSPS) is 16.1. The summed E-state index contributed by atoms with van der Waals surface area (Å²) in [7, 11) is 1.66. The van der Waals surface area contributed by atoms with Crippen LogP contribution in [0.25, 0.3) is 10.9 Å². The molecule has 2 N–H and O–H groups in total. The molecule has 4 nitrogen and oxygen atoms in total. The van der Waals surface area contributed by atoms with Gasteiger partial charge in [-0.2, -0.15) is 0 Å². The quantitative estimate of drug-likeness (QED) is 0.878. The molecule has 1 saturated carbocycles. The molecular formula is C16H20N2O2. The van der Waals surface area contributed by atoms with E-state index in [1.165, 1.54) is 0 Å². The van der Waals surface area contributed by atoms with Gasteiger partial charge in [0.25, 0.3) is 0 Å². The number of nitrogens with zero attached hydrogens (tertiary/aromatic N) is 1. The highest BCUT2D eigenvalue weighted by atomic mass is 16.5. The van der Waals surface area contributed by atoms with Crippen molar-refractivity contribution in [2.45, 2.75) is 19.8 Å². The molecule has 1 fully saturated rings. The van der Waals surface area contributed by atoms with Crippen molar-refractivity contribution in [1.29, 1.82) is 0 Å². The van der Waals surface area contributed by atoms with E-state index in [0.29, 0.717) is 0 Å². The number of hydrogen-bond acceptors (Lipinski definition) is 4. The number of pyridine rings is 1. The summed E-state index contributed by atoms with van der Waals surface area (Å²) in [5, 5.41) is 13.9. The smallest absolute Gasteiger partial charge is 0.145 e.